The Morgan fingerprint density at radius 3 is 2.81 bits per heavy atom. The molecule has 0 aliphatic heterocycles. The molecular formula is C15H16ClN3OS. The van der Waals surface area contributed by atoms with Gasteiger partial charge in [-0.25, -0.2) is 9.97 Å². The Labute approximate surface area is 133 Å². The zero-order valence-corrected chi connectivity index (χ0v) is 13.4. The average molecular weight is 322 g/mol. The predicted octanol–water partition coefficient (Wildman–Crippen LogP) is 3.95. The van der Waals surface area contributed by atoms with E-state index >= 15 is 0 Å². The highest BCUT2D eigenvalue weighted by Gasteiger charge is 2.19. The fraction of sp³-hybridized carbons (Fsp3) is 0.267. The Morgan fingerprint density at radius 1 is 1.38 bits per heavy atom. The van der Waals surface area contributed by atoms with Crippen molar-refractivity contribution in [2.24, 2.45) is 0 Å². The molecule has 0 unspecified atom stereocenters. The standard InChI is InChI=1S/C15H16ClN3OS/c1-3-13(21-14-8-10(2)17-9-18-14)15(20)19-12-7-5-4-6-11(12)16/h4-9,13H,3H2,1-2H3,(H,19,20)/t13-/m1/s1. The molecule has 110 valence electrons. The third-order valence-corrected chi connectivity index (χ3v) is 4.46. The van der Waals surface area contributed by atoms with Crippen molar-refractivity contribution in [1.29, 1.82) is 0 Å². The number of para-hydroxylation sites is 1. The normalized spacial score (nSPS) is 12.0. The monoisotopic (exact) mass is 321 g/mol. The van der Waals surface area contributed by atoms with Gasteiger partial charge in [-0.05, 0) is 31.5 Å². The van der Waals surface area contributed by atoms with Crippen LogP contribution in [0.4, 0.5) is 5.69 Å². The van der Waals surface area contributed by atoms with E-state index in [4.69, 9.17) is 11.6 Å². The van der Waals surface area contributed by atoms with Crippen LogP contribution in [-0.4, -0.2) is 21.1 Å². The number of benzene rings is 1. The first-order chi connectivity index (χ1) is 10.1. The number of thioether (sulfide) groups is 1. The maximum Gasteiger partial charge on any atom is 0.237 e. The molecule has 1 N–H and O–H groups in total. The summed E-state index contributed by atoms with van der Waals surface area (Å²) in [7, 11) is 0. The highest BCUT2D eigenvalue weighted by atomic mass is 35.5. The van der Waals surface area contributed by atoms with Gasteiger partial charge in [0.1, 0.15) is 11.4 Å². The number of nitrogens with one attached hydrogen (secondary N) is 1. The maximum atomic E-state index is 12.4. The summed E-state index contributed by atoms with van der Waals surface area (Å²) in [6.45, 7) is 3.87. The summed E-state index contributed by atoms with van der Waals surface area (Å²) >= 11 is 7.48. The van der Waals surface area contributed by atoms with Gasteiger partial charge < -0.3 is 5.32 Å². The van der Waals surface area contributed by atoms with E-state index in [1.165, 1.54) is 18.1 Å². The van der Waals surface area contributed by atoms with Crippen LogP contribution in [0.15, 0.2) is 41.7 Å². The summed E-state index contributed by atoms with van der Waals surface area (Å²) in [4.78, 5) is 20.6. The molecule has 0 saturated carbocycles. The van der Waals surface area contributed by atoms with Gasteiger partial charge in [0.2, 0.25) is 5.91 Å². The van der Waals surface area contributed by atoms with Gasteiger partial charge in [0.05, 0.1) is 16.0 Å². The van der Waals surface area contributed by atoms with Gasteiger partial charge in [-0.3, -0.25) is 4.79 Å². The van der Waals surface area contributed by atoms with Crippen molar-refractivity contribution in [3.05, 3.63) is 47.4 Å². The van der Waals surface area contributed by atoms with Crippen molar-refractivity contribution in [2.75, 3.05) is 5.32 Å². The third-order valence-electron chi connectivity index (χ3n) is 2.84. The zero-order valence-electron chi connectivity index (χ0n) is 11.8. The van der Waals surface area contributed by atoms with Gasteiger partial charge in [0.25, 0.3) is 0 Å². The number of anilines is 1. The van der Waals surface area contributed by atoms with E-state index < -0.39 is 0 Å². The summed E-state index contributed by atoms with van der Waals surface area (Å²) in [6, 6.07) is 9.07. The second-order valence-electron chi connectivity index (χ2n) is 4.48. The minimum Gasteiger partial charge on any atom is -0.324 e. The van der Waals surface area contributed by atoms with Crippen molar-refractivity contribution < 1.29 is 4.79 Å². The number of hydrogen-bond donors (Lipinski definition) is 1. The van der Waals surface area contributed by atoms with Gasteiger partial charge in [-0.15, -0.1) is 0 Å². The lowest BCUT2D eigenvalue weighted by atomic mass is 10.2. The highest BCUT2D eigenvalue weighted by molar-refractivity contribution is 8.00. The van der Waals surface area contributed by atoms with E-state index in [-0.39, 0.29) is 11.2 Å². The quantitative estimate of drug-likeness (QED) is 0.669. The number of amides is 1. The number of rotatable bonds is 5. The Balaban J connectivity index is 2.07. The molecule has 1 aromatic heterocycles. The number of nitrogens with zero attached hydrogens (tertiary/aromatic N) is 2. The lowest BCUT2D eigenvalue weighted by Gasteiger charge is -2.15. The minimum absolute atomic E-state index is 0.0770. The average Bonchev–Trinajstić information content (AvgIpc) is 2.47. The summed E-state index contributed by atoms with van der Waals surface area (Å²) < 4.78 is 0. The molecule has 0 radical (unpaired) electrons. The number of carbonyl (C=O) groups excluding carboxylic acids is 1. The van der Waals surface area contributed by atoms with Crippen LogP contribution in [0.3, 0.4) is 0 Å². The smallest absolute Gasteiger partial charge is 0.237 e. The van der Waals surface area contributed by atoms with Crippen molar-refractivity contribution in [3.63, 3.8) is 0 Å². The number of halogens is 1. The summed E-state index contributed by atoms with van der Waals surface area (Å²) in [5, 5.41) is 3.96. The van der Waals surface area contributed by atoms with Crippen LogP contribution in [0.25, 0.3) is 0 Å². The Morgan fingerprint density at radius 2 is 2.14 bits per heavy atom. The molecule has 1 amide bonds. The topological polar surface area (TPSA) is 54.9 Å². The van der Waals surface area contributed by atoms with Crippen molar-refractivity contribution >= 4 is 35.0 Å². The van der Waals surface area contributed by atoms with E-state index in [2.05, 4.69) is 15.3 Å². The summed E-state index contributed by atoms with van der Waals surface area (Å²) in [6.07, 6.45) is 2.21. The zero-order chi connectivity index (χ0) is 15.2. The summed E-state index contributed by atoms with van der Waals surface area (Å²) in [5.74, 6) is -0.0770. The van der Waals surface area contributed by atoms with E-state index in [9.17, 15) is 4.79 Å². The third kappa shape index (κ3) is 4.44. The van der Waals surface area contributed by atoms with Crippen LogP contribution >= 0.6 is 23.4 Å². The van der Waals surface area contributed by atoms with Crippen molar-refractivity contribution in [2.45, 2.75) is 30.5 Å². The molecular weight excluding hydrogens is 306 g/mol. The van der Waals surface area contributed by atoms with E-state index in [0.29, 0.717) is 17.1 Å². The van der Waals surface area contributed by atoms with Crippen molar-refractivity contribution in [1.82, 2.24) is 9.97 Å². The molecule has 0 fully saturated rings. The largest absolute Gasteiger partial charge is 0.324 e. The molecule has 0 spiro atoms. The highest BCUT2D eigenvalue weighted by Crippen LogP contribution is 2.26. The Bertz CT molecular complexity index is 636. The molecule has 2 aromatic rings. The first kappa shape index (κ1) is 15.8. The molecule has 0 bridgehead atoms. The van der Waals surface area contributed by atoms with Gasteiger partial charge in [0, 0.05) is 5.69 Å². The second kappa shape index (κ2) is 7.43. The lowest BCUT2D eigenvalue weighted by molar-refractivity contribution is -0.115. The second-order valence-corrected chi connectivity index (χ2v) is 6.11. The van der Waals surface area contributed by atoms with Gasteiger partial charge in [-0.2, -0.15) is 0 Å². The SMILES string of the molecule is CC[C@@H](Sc1cc(C)ncn1)C(=O)Nc1ccccc1Cl. The fourth-order valence-electron chi connectivity index (χ4n) is 1.74. The van der Waals surface area contributed by atoms with Crippen LogP contribution in [0, 0.1) is 6.92 Å². The van der Waals surface area contributed by atoms with Crippen LogP contribution in [-0.2, 0) is 4.79 Å². The van der Waals surface area contributed by atoms with Crippen LogP contribution in [0.5, 0.6) is 0 Å². The predicted molar refractivity (Wildman–Crippen MR) is 86.8 cm³/mol. The van der Waals surface area contributed by atoms with Crippen LogP contribution < -0.4 is 5.32 Å². The first-order valence-electron chi connectivity index (χ1n) is 6.61. The minimum atomic E-state index is -0.226. The molecule has 1 heterocycles. The maximum absolute atomic E-state index is 12.4. The molecule has 1 atom stereocenters. The van der Waals surface area contributed by atoms with E-state index in [0.717, 1.165) is 10.7 Å². The van der Waals surface area contributed by atoms with Gasteiger partial charge in [-0.1, -0.05) is 42.4 Å². The van der Waals surface area contributed by atoms with E-state index in [1.807, 2.05) is 32.0 Å². The number of aromatic nitrogens is 2. The van der Waals surface area contributed by atoms with Gasteiger partial charge >= 0.3 is 0 Å². The van der Waals surface area contributed by atoms with E-state index in [1.54, 1.807) is 12.1 Å². The fourth-order valence-corrected chi connectivity index (χ4v) is 2.89. The Hall–Kier alpha value is -1.59. The molecule has 4 nitrogen and oxygen atoms in total. The number of hydrogen-bond acceptors (Lipinski definition) is 4. The van der Waals surface area contributed by atoms with Crippen LogP contribution in [0.1, 0.15) is 19.0 Å². The summed E-state index contributed by atoms with van der Waals surface area (Å²) in [5.41, 5.74) is 1.51. The molecule has 0 aliphatic carbocycles. The lowest BCUT2D eigenvalue weighted by Crippen LogP contribution is -2.24. The van der Waals surface area contributed by atoms with Gasteiger partial charge in [0.15, 0.2) is 0 Å². The molecule has 0 aliphatic rings. The van der Waals surface area contributed by atoms with Crippen LogP contribution in [0.2, 0.25) is 5.02 Å². The first-order valence-corrected chi connectivity index (χ1v) is 7.86. The molecule has 6 heteroatoms. The molecule has 1 aromatic carbocycles. The molecule has 21 heavy (non-hydrogen) atoms. The number of aryl methyl sites for hydroxylation is 1. The number of carbonyl (C=O) groups is 1. The Kier molecular flexibility index (Phi) is 5.59. The van der Waals surface area contributed by atoms with Crippen molar-refractivity contribution in [3.8, 4) is 0 Å². The molecule has 2 rings (SSSR count). The molecule has 0 saturated heterocycles.